The molecule has 1 unspecified atom stereocenters. The summed E-state index contributed by atoms with van der Waals surface area (Å²) < 4.78 is 1.18. The van der Waals surface area contributed by atoms with E-state index in [2.05, 4.69) is 134 Å². The number of benzene rings is 6. The van der Waals surface area contributed by atoms with Gasteiger partial charge in [-0.3, -0.25) is 0 Å². The summed E-state index contributed by atoms with van der Waals surface area (Å²) in [4.78, 5) is 0. The summed E-state index contributed by atoms with van der Waals surface area (Å²) in [5.41, 5.74) is 13.3. The van der Waals surface area contributed by atoms with Crippen LogP contribution >= 0.6 is 0 Å². The fraction of sp³-hybridized carbons (Fsp3) is 0.0811. The van der Waals surface area contributed by atoms with E-state index in [1.807, 2.05) is 0 Å². The van der Waals surface area contributed by atoms with Crippen LogP contribution in [0.1, 0.15) is 36.4 Å². The van der Waals surface area contributed by atoms with Gasteiger partial charge in [-0.2, -0.15) is 0 Å². The first-order chi connectivity index (χ1) is 18.8. The Morgan fingerprint density at radius 1 is 0.475 bits per heavy atom. The van der Waals surface area contributed by atoms with Crippen molar-refractivity contribution < 1.29 is 48.0 Å². The van der Waals surface area contributed by atoms with E-state index in [1.165, 1.54) is 49.4 Å². The van der Waals surface area contributed by atoms with Gasteiger partial charge in [0.25, 0.3) is 0 Å². The Kier molecular flexibility index (Phi) is 7.34. The molecule has 2 aliphatic rings. The molecular formula is C37H26Cl2Zr. The van der Waals surface area contributed by atoms with Crippen molar-refractivity contribution in [2.75, 3.05) is 0 Å². The molecule has 6 aromatic rings. The predicted molar refractivity (Wildman–Crippen MR) is 157 cm³/mol. The van der Waals surface area contributed by atoms with Crippen molar-refractivity contribution in [1.82, 2.24) is 0 Å². The van der Waals surface area contributed by atoms with Crippen LogP contribution in [0.4, 0.5) is 0 Å². The van der Waals surface area contributed by atoms with Gasteiger partial charge in [-0.1, -0.05) is 0 Å². The molecule has 3 heteroatoms. The van der Waals surface area contributed by atoms with Crippen molar-refractivity contribution in [2.24, 2.45) is 0 Å². The standard InChI is InChI=1S/C24H17.C13H9.2ClH.Zr/c1-16-13-17-8-6-12-22(23(17)14-16)24-15-18-7-2-3-9-19(18)20-10-4-5-11-21(20)24;1-3-7-12-10(5-1)9-11-6-2-4-8-13(11)12;;;/h2-15H,1H3;1-9H;2*1H;/q;;;;+2/p-2. The van der Waals surface area contributed by atoms with Crippen molar-refractivity contribution in [2.45, 2.75) is 14.2 Å². The van der Waals surface area contributed by atoms with E-state index in [1.54, 1.807) is 22.3 Å². The zero-order valence-corrected chi connectivity index (χ0v) is 26.0. The van der Waals surface area contributed by atoms with Crippen LogP contribution in [0.15, 0.2) is 127 Å². The van der Waals surface area contributed by atoms with Gasteiger partial charge in [-0.05, 0) is 0 Å². The average Bonchev–Trinajstić information content (AvgIpc) is 3.47. The molecule has 0 aliphatic heterocycles. The molecule has 0 nitrogen and oxygen atoms in total. The largest absolute Gasteiger partial charge is 1.00 e. The van der Waals surface area contributed by atoms with Crippen molar-refractivity contribution in [1.29, 1.82) is 0 Å². The molecule has 0 bridgehead atoms. The first kappa shape index (κ1) is 27.2. The number of rotatable bonds is 3. The molecular weight excluding hydrogens is 607 g/mol. The van der Waals surface area contributed by atoms with Gasteiger partial charge in [0.15, 0.2) is 0 Å². The number of halogens is 2. The zero-order valence-electron chi connectivity index (χ0n) is 22.0. The molecule has 0 saturated heterocycles. The third-order valence-electron chi connectivity index (χ3n) is 8.50. The molecule has 8 rings (SSSR count). The fourth-order valence-electron chi connectivity index (χ4n) is 6.79. The van der Waals surface area contributed by atoms with Gasteiger partial charge >= 0.3 is 236 Å². The van der Waals surface area contributed by atoms with Crippen molar-refractivity contribution >= 4 is 27.6 Å². The van der Waals surface area contributed by atoms with Crippen molar-refractivity contribution in [3.63, 3.8) is 0 Å². The zero-order chi connectivity index (χ0) is 25.2. The quantitative estimate of drug-likeness (QED) is 0.259. The van der Waals surface area contributed by atoms with Crippen LogP contribution in [0.5, 0.6) is 0 Å². The second kappa shape index (κ2) is 10.8. The van der Waals surface area contributed by atoms with E-state index in [0.717, 1.165) is 0 Å². The van der Waals surface area contributed by atoms with Gasteiger partial charge in [0.05, 0.1) is 0 Å². The first-order valence-corrected chi connectivity index (χ1v) is 16.3. The molecule has 6 aromatic carbocycles. The Hall–Kier alpha value is -2.96. The molecule has 0 fully saturated rings. The summed E-state index contributed by atoms with van der Waals surface area (Å²) in [5, 5.41) is 5.32. The van der Waals surface area contributed by atoms with Crippen LogP contribution in [-0.2, 0) is 23.2 Å². The topological polar surface area (TPSA) is 0 Å². The Bertz CT molecular complexity index is 1890. The van der Waals surface area contributed by atoms with Gasteiger partial charge in [0, 0.05) is 0 Å². The van der Waals surface area contributed by atoms with E-state index >= 15 is 0 Å². The molecule has 0 amide bonds. The van der Waals surface area contributed by atoms with Crippen LogP contribution < -0.4 is 24.8 Å². The maximum absolute atomic E-state index is 2.51. The van der Waals surface area contributed by atoms with E-state index in [-0.39, 0.29) is 24.8 Å². The van der Waals surface area contributed by atoms with Gasteiger partial charge in [0.1, 0.15) is 0 Å². The maximum atomic E-state index is 2.51. The summed E-state index contributed by atoms with van der Waals surface area (Å²) in [7, 11) is 0. The Balaban J connectivity index is 0.00000145. The monoisotopic (exact) mass is 630 g/mol. The summed E-state index contributed by atoms with van der Waals surface area (Å²) in [5.74, 6) is 0. The third kappa shape index (κ3) is 4.14. The van der Waals surface area contributed by atoms with E-state index in [9.17, 15) is 0 Å². The third-order valence-corrected chi connectivity index (χ3v) is 13.6. The molecule has 1 atom stereocenters. The maximum Gasteiger partial charge on any atom is -1.00 e. The van der Waals surface area contributed by atoms with Crippen LogP contribution in [0, 0.1) is 0 Å². The number of fused-ring (bicyclic) bond motifs is 7. The van der Waals surface area contributed by atoms with Crippen LogP contribution in [0.2, 0.25) is 0 Å². The Morgan fingerprint density at radius 2 is 1.02 bits per heavy atom. The second-order valence-electron chi connectivity index (χ2n) is 10.6. The minimum atomic E-state index is -0.918. The molecule has 40 heavy (non-hydrogen) atoms. The summed E-state index contributed by atoms with van der Waals surface area (Å²) >= 11 is -0.918. The van der Waals surface area contributed by atoms with Crippen LogP contribution in [0.3, 0.4) is 0 Å². The Morgan fingerprint density at radius 3 is 1.75 bits per heavy atom. The first-order valence-electron chi connectivity index (χ1n) is 13.4. The molecule has 0 N–H and O–H groups in total. The van der Waals surface area contributed by atoms with Gasteiger partial charge < -0.3 is 24.8 Å². The SMILES string of the molecule is CC1=Cc2c(-c3cc4ccccc4c4ccccc34)cccc2[CH]1[Zr+2][CH]1c2ccccc2-c2ccccc21.[Cl-].[Cl-]. The molecule has 0 heterocycles. The van der Waals surface area contributed by atoms with Crippen molar-refractivity contribution in [3.8, 4) is 22.3 Å². The molecule has 0 aromatic heterocycles. The normalized spacial score (nSPS) is 14.9. The molecule has 0 spiro atoms. The predicted octanol–water partition coefficient (Wildman–Crippen LogP) is 3.98. The van der Waals surface area contributed by atoms with E-state index in [4.69, 9.17) is 0 Å². The fourth-order valence-corrected chi connectivity index (χ4v) is 11.6. The number of hydrogen-bond acceptors (Lipinski definition) is 0. The van der Waals surface area contributed by atoms with Crippen molar-refractivity contribution in [3.05, 3.63) is 149 Å². The van der Waals surface area contributed by atoms with Gasteiger partial charge in [-0.25, -0.2) is 0 Å². The summed E-state index contributed by atoms with van der Waals surface area (Å²) in [6.45, 7) is 2.38. The van der Waals surface area contributed by atoms with Gasteiger partial charge in [-0.15, -0.1) is 0 Å². The molecule has 0 radical (unpaired) electrons. The second-order valence-corrected chi connectivity index (χ2v) is 14.3. The van der Waals surface area contributed by atoms with E-state index < -0.39 is 23.2 Å². The number of allylic oxidation sites excluding steroid dienone is 1. The summed E-state index contributed by atoms with van der Waals surface area (Å²) in [6.07, 6.45) is 2.51. The van der Waals surface area contributed by atoms with Gasteiger partial charge in [0.2, 0.25) is 0 Å². The van der Waals surface area contributed by atoms with Crippen LogP contribution in [-0.4, -0.2) is 0 Å². The minimum absolute atomic E-state index is 0. The smallest absolute Gasteiger partial charge is 1.00 e. The number of hydrogen-bond donors (Lipinski definition) is 0. The molecule has 2 aliphatic carbocycles. The molecule has 0 saturated carbocycles. The Labute approximate surface area is 259 Å². The average molecular weight is 633 g/mol. The molecule has 192 valence electrons. The minimum Gasteiger partial charge on any atom is -1.00 e. The van der Waals surface area contributed by atoms with Crippen LogP contribution in [0.25, 0.3) is 49.9 Å². The summed E-state index contributed by atoms with van der Waals surface area (Å²) in [6, 6.07) is 45.4. The van der Waals surface area contributed by atoms with E-state index in [0.29, 0.717) is 7.25 Å².